The maximum atomic E-state index is 12.3. The molecule has 2 rings (SSSR count). The summed E-state index contributed by atoms with van der Waals surface area (Å²) in [5.74, 6) is -1.07. The van der Waals surface area contributed by atoms with Crippen LogP contribution in [0.15, 0.2) is 48.5 Å². The minimum Gasteiger partial charge on any atom is -0.404 e. The highest BCUT2D eigenvalue weighted by Gasteiger charge is 2.32. The summed E-state index contributed by atoms with van der Waals surface area (Å²) in [6.45, 7) is 0. The first-order valence-electron chi connectivity index (χ1n) is 5.77. The minimum absolute atomic E-state index is 0.0835. The third-order valence-electron chi connectivity index (χ3n) is 2.45. The molecule has 0 heterocycles. The highest BCUT2D eigenvalue weighted by Crippen LogP contribution is 2.30. The number of ether oxygens (including phenoxy) is 1. The van der Waals surface area contributed by atoms with E-state index in [1.54, 1.807) is 12.1 Å². The maximum Gasteiger partial charge on any atom is 0.573 e. The number of anilines is 1. The zero-order chi connectivity index (χ0) is 15.5. The van der Waals surface area contributed by atoms with Gasteiger partial charge in [-0.1, -0.05) is 29.8 Å². The molecule has 0 saturated carbocycles. The van der Waals surface area contributed by atoms with Crippen molar-refractivity contribution in [1.29, 1.82) is 0 Å². The Hall–Kier alpha value is -2.21. The Kier molecular flexibility index (Phi) is 4.37. The molecule has 0 aromatic heterocycles. The van der Waals surface area contributed by atoms with Gasteiger partial charge in [-0.25, -0.2) is 0 Å². The summed E-state index contributed by atoms with van der Waals surface area (Å²) >= 11 is 5.76. The monoisotopic (exact) mass is 315 g/mol. The third kappa shape index (κ3) is 4.39. The van der Waals surface area contributed by atoms with Crippen LogP contribution in [-0.2, 0) is 0 Å². The van der Waals surface area contributed by atoms with Crippen LogP contribution < -0.4 is 10.1 Å². The maximum absolute atomic E-state index is 12.3. The smallest absolute Gasteiger partial charge is 0.404 e. The molecule has 3 nitrogen and oxygen atoms in total. The number of halogens is 4. The molecule has 1 N–H and O–H groups in total. The second kappa shape index (κ2) is 6.05. The molecule has 0 atom stereocenters. The Labute approximate surface area is 123 Å². The topological polar surface area (TPSA) is 38.3 Å². The minimum atomic E-state index is -4.84. The number of benzene rings is 2. The number of nitrogens with one attached hydrogen (secondary N) is 1. The average Bonchev–Trinajstić information content (AvgIpc) is 2.39. The van der Waals surface area contributed by atoms with Gasteiger partial charge in [-0.05, 0) is 30.3 Å². The van der Waals surface area contributed by atoms with Gasteiger partial charge in [0.2, 0.25) is 0 Å². The lowest BCUT2D eigenvalue weighted by Crippen LogP contribution is -2.19. The van der Waals surface area contributed by atoms with E-state index in [1.807, 2.05) is 0 Å². The molecule has 0 unspecified atom stereocenters. The molecule has 110 valence electrons. The number of carbonyl (C=O) groups excluding carboxylic acids is 1. The van der Waals surface area contributed by atoms with Crippen molar-refractivity contribution in [3.63, 3.8) is 0 Å². The van der Waals surface area contributed by atoms with Gasteiger partial charge in [0.1, 0.15) is 0 Å². The molecule has 2 aromatic rings. The Morgan fingerprint density at radius 3 is 2.48 bits per heavy atom. The summed E-state index contributed by atoms with van der Waals surface area (Å²) in [7, 11) is 0. The SMILES string of the molecule is O=C(Nc1ccccc1OC(F)(F)F)c1cccc(Cl)c1. The lowest BCUT2D eigenvalue weighted by molar-refractivity contribution is -0.274. The lowest BCUT2D eigenvalue weighted by atomic mass is 10.2. The Balaban J connectivity index is 2.22. The fourth-order valence-electron chi connectivity index (χ4n) is 1.61. The number of para-hydroxylation sites is 2. The van der Waals surface area contributed by atoms with Crippen molar-refractivity contribution in [2.75, 3.05) is 5.32 Å². The molecule has 0 aliphatic heterocycles. The lowest BCUT2D eigenvalue weighted by Gasteiger charge is -2.13. The van der Waals surface area contributed by atoms with Crippen LogP contribution in [0.3, 0.4) is 0 Å². The van der Waals surface area contributed by atoms with E-state index in [4.69, 9.17) is 11.6 Å². The molecular weight excluding hydrogens is 307 g/mol. The van der Waals surface area contributed by atoms with Crippen molar-refractivity contribution in [1.82, 2.24) is 0 Å². The standard InChI is InChI=1S/C14H9ClF3NO2/c15-10-5-3-4-9(8-10)13(20)19-11-6-1-2-7-12(11)21-14(16,17)18/h1-8H,(H,19,20). The first-order chi connectivity index (χ1) is 9.85. The number of rotatable bonds is 3. The van der Waals surface area contributed by atoms with Crippen molar-refractivity contribution >= 4 is 23.2 Å². The second-order valence-electron chi connectivity index (χ2n) is 4.01. The van der Waals surface area contributed by atoms with Gasteiger partial charge in [-0.2, -0.15) is 0 Å². The fraction of sp³-hybridized carbons (Fsp3) is 0.0714. The van der Waals surface area contributed by atoms with E-state index >= 15 is 0 Å². The molecule has 0 aliphatic carbocycles. The number of carbonyl (C=O) groups is 1. The Morgan fingerprint density at radius 2 is 1.81 bits per heavy atom. The highest BCUT2D eigenvalue weighted by molar-refractivity contribution is 6.31. The largest absolute Gasteiger partial charge is 0.573 e. The van der Waals surface area contributed by atoms with Crippen molar-refractivity contribution in [3.8, 4) is 5.75 Å². The molecule has 0 radical (unpaired) electrons. The van der Waals surface area contributed by atoms with E-state index in [9.17, 15) is 18.0 Å². The zero-order valence-corrected chi connectivity index (χ0v) is 11.2. The Morgan fingerprint density at radius 1 is 1.10 bits per heavy atom. The predicted octanol–water partition coefficient (Wildman–Crippen LogP) is 4.49. The van der Waals surface area contributed by atoms with E-state index < -0.39 is 18.0 Å². The van der Waals surface area contributed by atoms with Gasteiger partial charge in [-0.15, -0.1) is 13.2 Å². The van der Waals surface area contributed by atoms with Gasteiger partial charge in [0.15, 0.2) is 5.75 Å². The number of amides is 1. The van der Waals surface area contributed by atoms with Gasteiger partial charge in [0.05, 0.1) is 5.69 Å². The van der Waals surface area contributed by atoms with Crippen LogP contribution in [-0.4, -0.2) is 12.3 Å². The molecule has 0 spiro atoms. The summed E-state index contributed by atoms with van der Waals surface area (Å²) in [5.41, 5.74) is 0.143. The number of hydrogen-bond donors (Lipinski definition) is 1. The summed E-state index contributed by atoms with van der Waals surface area (Å²) in [4.78, 5) is 12.0. The average molecular weight is 316 g/mol. The summed E-state index contributed by atoms with van der Waals surface area (Å²) < 4.78 is 40.7. The van der Waals surface area contributed by atoms with Crippen LogP contribution in [0.2, 0.25) is 5.02 Å². The molecule has 2 aromatic carbocycles. The highest BCUT2D eigenvalue weighted by atomic mass is 35.5. The van der Waals surface area contributed by atoms with Crippen molar-refractivity contribution in [3.05, 3.63) is 59.1 Å². The van der Waals surface area contributed by atoms with Crippen LogP contribution in [0.5, 0.6) is 5.75 Å². The summed E-state index contributed by atoms with van der Waals surface area (Å²) in [5, 5.41) is 2.70. The van der Waals surface area contributed by atoms with Crippen molar-refractivity contribution in [2.45, 2.75) is 6.36 Å². The molecule has 0 aliphatic rings. The molecule has 7 heteroatoms. The normalized spacial score (nSPS) is 11.0. The van der Waals surface area contributed by atoms with E-state index in [2.05, 4.69) is 10.1 Å². The van der Waals surface area contributed by atoms with E-state index in [1.165, 1.54) is 30.3 Å². The molecule has 0 saturated heterocycles. The first-order valence-corrected chi connectivity index (χ1v) is 6.14. The van der Waals surface area contributed by atoms with Crippen LogP contribution in [0.25, 0.3) is 0 Å². The molecular formula is C14H9ClF3NO2. The second-order valence-corrected chi connectivity index (χ2v) is 4.44. The Bertz CT molecular complexity index is 659. The fourth-order valence-corrected chi connectivity index (χ4v) is 1.80. The van der Waals surface area contributed by atoms with Crippen molar-refractivity contribution in [2.24, 2.45) is 0 Å². The first kappa shape index (κ1) is 15.2. The van der Waals surface area contributed by atoms with E-state index in [-0.39, 0.29) is 11.3 Å². The molecule has 0 bridgehead atoms. The third-order valence-corrected chi connectivity index (χ3v) is 2.68. The van der Waals surface area contributed by atoms with E-state index in [0.29, 0.717) is 5.02 Å². The van der Waals surface area contributed by atoms with Crippen molar-refractivity contribution < 1.29 is 22.7 Å². The van der Waals surface area contributed by atoms with Crippen LogP contribution in [0.1, 0.15) is 10.4 Å². The van der Waals surface area contributed by atoms with Gasteiger partial charge in [0.25, 0.3) is 5.91 Å². The summed E-state index contributed by atoms with van der Waals surface area (Å²) in [6.07, 6.45) is -4.84. The number of hydrogen-bond acceptors (Lipinski definition) is 2. The van der Waals surface area contributed by atoms with E-state index in [0.717, 1.165) is 6.07 Å². The molecule has 0 fully saturated rings. The summed E-state index contributed by atoms with van der Waals surface area (Å²) in [6, 6.07) is 11.3. The number of alkyl halides is 3. The van der Waals surface area contributed by atoms with Crippen LogP contribution in [0, 0.1) is 0 Å². The molecule has 21 heavy (non-hydrogen) atoms. The van der Waals surface area contributed by atoms with Gasteiger partial charge in [-0.3, -0.25) is 4.79 Å². The predicted molar refractivity (Wildman–Crippen MR) is 72.5 cm³/mol. The quantitative estimate of drug-likeness (QED) is 0.906. The van der Waals surface area contributed by atoms with Crippen LogP contribution >= 0.6 is 11.6 Å². The molecule has 1 amide bonds. The van der Waals surface area contributed by atoms with Gasteiger partial charge in [0, 0.05) is 10.6 Å². The zero-order valence-electron chi connectivity index (χ0n) is 10.4. The van der Waals surface area contributed by atoms with Gasteiger partial charge < -0.3 is 10.1 Å². The van der Waals surface area contributed by atoms with Gasteiger partial charge >= 0.3 is 6.36 Å². The van der Waals surface area contributed by atoms with Crippen LogP contribution in [0.4, 0.5) is 18.9 Å².